The molecule has 1 saturated heterocycles. The van der Waals surface area contributed by atoms with Gasteiger partial charge in [-0.25, -0.2) is 0 Å². The first-order chi connectivity index (χ1) is 12.2. The van der Waals surface area contributed by atoms with E-state index in [0.29, 0.717) is 19.1 Å². The number of benzene rings is 2. The largest absolute Gasteiger partial charge is 0.494 e. The summed E-state index contributed by atoms with van der Waals surface area (Å²) in [6, 6.07) is 14.4. The minimum atomic E-state index is -0.593. The third-order valence-corrected chi connectivity index (χ3v) is 5.98. The summed E-state index contributed by atoms with van der Waals surface area (Å²) in [6.07, 6.45) is 3.90. The van der Waals surface area contributed by atoms with E-state index in [-0.39, 0.29) is 0 Å². The molecule has 1 N–H and O–H groups in total. The molecule has 2 atom stereocenters. The van der Waals surface area contributed by atoms with Gasteiger partial charge in [0.1, 0.15) is 5.75 Å². The summed E-state index contributed by atoms with van der Waals surface area (Å²) in [6.45, 7) is 3.23. The lowest BCUT2D eigenvalue weighted by Crippen LogP contribution is -2.36. The molecule has 4 heteroatoms. The van der Waals surface area contributed by atoms with Gasteiger partial charge in [-0.15, -0.1) is 0 Å². The highest BCUT2D eigenvalue weighted by Crippen LogP contribution is 2.48. The van der Waals surface area contributed by atoms with Crippen molar-refractivity contribution >= 4 is 16.7 Å². The predicted molar refractivity (Wildman–Crippen MR) is 97.9 cm³/mol. The van der Waals surface area contributed by atoms with Crippen LogP contribution in [0.25, 0.3) is 10.8 Å². The minimum Gasteiger partial charge on any atom is -0.494 e. The highest BCUT2D eigenvalue weighted by molar-refractivity contribution is 5.83. The summed E-state index contributed by atoms with van der Waals surface area (Å²) in [7, 11) is 0. The molecule has 0 spiro atoms. The molecule has 0 amide bonds. The molecular formula is C21H25NO3. The molecule has 2 aromatic rings. The van der Waals surface area contributed by atoms with Crippen molar-refractivity contribution < 1.29 is 14.6 Å². The van der Waals surface area contributed by atoms with Gasteiger partial charge in [-0.05, 0) is 48.1 Å². The zero-order chi connectivity index (χ0) is 17.3. The Morgan fingerprint density at radius 3 is 2.88 bits per heavy atom. The average molecular weight is 339 g/mol. The van der Waals surface area contributed by atoms with E-state index in [4.69, 9.17) is 4.74 Å². The zero-order valence-electron chi connectivity index (χ0n) is 14.5. The van der Waals surface area contributed by atoms with Crippen LogP contribution in [0.1, 0.15) is 25.7 Å². The number of carboxylic acid groups (broad SMARTS) is 1. The molecule has 0 unspecified atom stereocenters. The van der Waals surface area contributed by atoms with E-state index in [1.54, 1.807) is 0 Å². The molecule has 2 fully saturated rings. The van der Waals surface area contributed by atoms with Gasteiger partial charge in [0.2, 0.25) is 0 Å². The Bertz CT molecular complexity index is 775. The Labute approximate surface area is 148 Å². The molecule has 0 radical (unpaired) electrons. The predicted octanol–water partition coefficient (Wildman–Crippen LogP) is 3.80. The zero-order valence-corrected chi connectivity index (χ0v) is 14.5. The van der Waals surface area contributed by atoms with Crippen LogP contribution in [0.15, 0.2) is 42.5 Å². The maximum Gasteiger partial charge on any atom is 0.311 e. The monoisotopic (exact) mass is 339 g/mol. The molecular weight excluding hydrogens is 314 g/mol. The smallest absolute Gasteiger partial charge is 0.311 e. The maximum absolute atomic E-state index is 11.7. The van der Waals surface area contributed by atoms with Gasteiger partial charge < -0.3 is 14.7 Å². The van der Waals surface area contributed by atoms with E-state index in [1.807, 2.05) is 18.2 Å². The van der Waals surface area contributed by atoms with Crippen LogP contribution >= 0.6 is 0 Å². The van der Waals surface area contributed by atoms with Crippen LogP contribution in [0.3, 0.4) is 0 Å². The van der Waals surface area contributed by atoms with Gasteiger partial charge in [0.25, 0.3) is 0 Å². The van der Waals surface area contributed by atoms with Crippen LogP contribution in [0.2, 0.25) is 0 Å². The van der Waals surface area contributed by atoms with Gasteiger partial charge in [-0.1, -0.05) is 36.8 Å². The fraction of sp³-hybridized carbons (Fsp3) is 0.476. The average Bonchev–Trinajstić information content (AvgIpc) is 3.17. The molecule has 1 aliphatic carbocycles. The Morgan fingerprint density at radius 1 is 1.24 bits per heavy atom. The third kappa shape index (κ3) is 3.11. The number of fused-ring (bicyclic) bond motifs is 2. The van der Waals surface area contributed by atoms with Gasteiger partial charge >= 0.3 is 5.97 Å². The van der Waals surface area contributed by atoms with Crippen molar-refractivity contribution in [2.24, 2.45) is 11.3 Å². The number of aliphatic carboxylic acids is 1. The number of likely N-dealkylation sites (tertiary alicyclic amines) is 1. The third-order valence-electron chi connectivity index (χ3n) is 5.98. The molecule has 0 bridgehead atoms. The van der Waals surface area contributed by atoms with Crippen molar-refractivity contribution in [1.29, 1.82) is 0 Å². The molecule has 25 heavy (non-hydrogen) atoms. The molecule has 132 valence electrons. The van der Waals surface area contributed by atoms with Crippen molar-refractivity contribution in [1.82, 2.24) is 4.90 Å². The van der Waals surface area contributed by atoms with Crippen LogP contribution in [0, 0.1) is 11.3 Å². The number of ether oxygens (including phenoxy) is 1. The Balaban J connectivity index is 1.28. The van der Waals surface area contributed by atoms with Crippen LogP contribution in [-0.4, -0.2) is 42.2 Å². The van der Waals surface area contributed by atoms with E-state index in [9.17, 15) is 9.90 Å². The summed E-state index contributed by atoms with van der Waals surface area (Å²) >= 11 is 0. The number of hydrogen-bond acceptors (Lipinski definition) is 3. The lowest BCUT2D eigenvalue weighted by atomic mass is 9.81. The maximum atomic E-state index is 11.7. The SMILES string of the molecule is O=C(O)[C@@]12CCC[C@H]1CN(CCCOc1ccc3ccccc3c1)C2. The van der Waals surface area contributed by atoms with Crippen molar-refractivity contribution in [2.45, 2.75) is 25.7 Å². The number of carboxylic acids is 1. The van der Waals surface area contributed by atoms with Crippen LogP contribution in [0.5, 0.6) is 5.75 Å². The number of carbonyl (C=O) groups is 1. The highest BCUT2D eigenvalue weighted by atomic mass is 16.5. The second kappa shape index (κ2) is 6.68. The molecule has 0 aromatic heterocycles. The van der Waals surface area contributed by atoms with Gasteiger partial charge in [0.05, 0.1) is 12.0 Å². The lowest BCUT2D eigenvalue weighted by Gasteiger charge is -2.23. The Hall–Kier alpha value is -2.07. The minimum absolute atomic E-state index is 0.339. The number of rotatable bonds is 6. The Morgan fingerprint density at radius 2 is 2.08 bits per heavy atom. The fourth-order valence-corrected chi connectivity index (χ4v) is 4.65. The quantitative estimate of drug-likeness (QED) is 0.814. The molecule has 1 aliphatic heterocycles. The molecule has 2 aromatic carbocycles. The van der Waals surface area contributed by atoms with Crippen LogP contribution < -0.4 is 4.74 Å². The van der Waals surface area contributed by atoms with Gasteiger partial charge in [-0.3, -0.25) is 4.79 Å². The molecule has 4 nitrogen and oxygen atoms in total. The van der Waals surface area contributed by atoms with E-state index < -0.39 is 11.4 Å². The number of nitrogens with zero attached hydrogens (tertiary/aromatic N) is 1. The van der Waals surface area contributed by atoms with Gasteiger partial charge in [0, 0.05) is 19.6 Å². The van der Waals surface area contributed by atoms with E-state index in [2.05, 4.69) is 29.2 Å². The van der Waals surface area contributed by atoms with Crippen molar-refractivity contribution in [2.75, 3.05) is 26.2 Å². The molecule has 4 rings (SSSR count). The molecule has 2 aliphatic rings. The van der Waals surface area contributed by atoms with Crippen molar-refractivity contribution in [3.05, 3.63) is 42.5 Å². The van der Waals surface area contributed by atoms with E-state index >= 15 is 0 Å². The van der Waals surface area contributed by atoms with Crippen molar-refractivity contribution in [3.8, 4) is 5.75 Å². The van der Waals surface area contributed by atoms with Gasteiger partial charge in [-0.2, -0.15) is 0 Å². The summed E-state index contributed by atoms with van der Waals surface area (Å²) < 4.78 is 5.90. The van der Waals surface area contributed by atoms with Crippen LogP contribution in [0.4, 0.5) is 0 Å². The second-order valence-corrected chi connectivity index (χ2v) is 7.50. The first-order valence-electron chi connectivity index (χ1n) is 9.25. The summed E-state index contributed by atoms with van der Waals surface area (Å²) in [4.78, 5) is 14.0. The van der Waals surface area contributed by atoms with Crippen molar-refractivity contribution in [3.63, 3.8) is 0 Å². The fourth-order valence-electron chi connectivity index (χ4n) is 4.65. The lowest BCUT2D eigenvalue weighted by molar-refractivity contribution is -0.149. The van der Waals surface area contributed by atoms with Crippen LogP contribution in [-0.2, 0) is 4.79 Å². The standard InChI is InChI=1S/C21H25NO3/c23-20(24)21-10-3-7-18(21)14-22(15-21)11-4-12-25-19-9-8-16-5-1-2-6-17(16)13-19/h1-2,5-6,8-9,13,18H,3-4,7,10-12,14-15H2,(H,23,24)/t18-,21+/m0/s1. The topological polar surface area (TPSA) is 49.8 Å². The molecule has 1 heterocycles. The van der Waals surface area contributed by atoms with E-state index in [0.717, 1.165) is 44.5 Å². The highest BCUT2D eigenvalue weighted by Gasteiger charge is 2.54. The molecule has 1 saturated carbocycles. The Kier molecular flexibility index (Phi) is 4.38. The summed E-state index contributed by atoms with van der Waals surface area (Å²) in [5.41, 5.74) is -0.473. The summed E-state index contributed by atoms with van der Waals surface area (Å²) in [5, 5.41) is 12.1. The first kappa shape index (κ1) is 16.4. The van der Waals surface area contributed by atoms with Gasteiger partial charge in [0.15, 0.2) is 0 Å². The normalized spacial score (nSPS) is 26.0. The van der Waals surface area contributed by atoms with E-state index in [1.165, 1.54) is 10.8 Å². The summed E-state index contributed by atoms with van der Waals surface area (Å²) in [5.74, 6) is 0.648. The second-order valence-electron chi connectivity index (χ2n) is 7.50. The number of hydrogen-bond donors (Lipinski definition) is 1. The first-order valence-corrected chi connectivity index (χ1v) is 9.25.